The molecule has 1 rings (SSSR count). The molecule has 1 aromatic rings. The van der Waals surface area contributed by atoms with Gasteiger partial charge in [-0.05, 0) is 31.2 Å². The fourth-order valence-electron chi connectivity index (χ4n) is 1.18. The first-order valence-electron chi connectivity index (χ1n) is 5.17. The van der Waals surface area contributed by atoms with E-state index < -0.39 is 6.10 Å². The van der Waals surface area contributed by atoms with E-state index >= 15 is 0 Å². The molecule has 90 valence electrons. The number of rotatable bonds is 4. The van der Waals surface area contributed by atoms with Crippen LogP contribution >= 0.6 is 0 Å². The molecule has 1 amide bonds. The van der Waals surface area contributed by atoms with Gasteiger partial charge in [-0.25, -0.2) is 5.01 Å². The molecule has 17 heavy (non-hydrogen) atoms. The average Bonchev–Trinajstić information content (AvgIpc) is 2.29. The van der Waals surface area contributed by atoms with Crippen molar-refractivity contribution in [2.45, 2.75) is 13.0 Å². The lowest BCUT2D eigenvalue weighted by Gasteiger charge is -2.17. The van der Waals surface area contributed by atoms with Crippen molar-refractivity contribution < 1.29 is 9.53 Å². The molecule has 0 saturated carbocycles. The number of ether oxygens (including phenoxy) is 1. The van der Waals surface area contributed by atoms with Crippen molar-refractivity contribution in [3.8, 4) is 11.8 Å². The first kappa shape index (κ1) is 13.0. The number of nitriles is 1. The molecule has 1 aromatic carbocycles. The molecule has 0 aliphatic rings. The summed E-state index contributed by atoms with van der Waals surface area (Å²) in [4.78, 5) is 11.6. The van der Waals surface area contributed by atoms with Gasteiger partial charge in [0.2, 0.25) is 0 Å². The molecule has 5 heteroatoms. The maximum absolute atomic E-state index is 11.6. The van der Waals surface area contributed by atoms with Gasteiger partial charge in [-0.15, -0.1) is 0 Å². The predicted molar refractivity (Wildman–Crippen MR) is 63.1 cm³/mol. The Morgan fingerprint density at radius 3 is 2.47 bits per heavy atom. The molecule has 0 radical (unpaired) electrons. The Morgan fingerprint density at radius 1 is 1.41 bits per heavy atom. The van der Waals surface area contributed by atoms with Gasteiger partial charge < -0.3 is 4.74 Å². The monoisotopic (exact) mass is 233 g/mol. The fourth-order valence-corrected chi connectivity index (χ4v) is 1.18. The number of carbonyl (C=O) groups is 1. The van der Waals surface area contributed by atoms with Crippen LogP contribution in [0, 0.1) is 11.3 Å². The highest BCUT2D eigenvalue weighted by Crippen LogP contribution is 2.13. The first-order chi connectivity index (χ1) is 8.02. The summed E-state index contributed by atoms with van der Waals surface area (Å²) in [5.74, 6) is 0.338. The molecule has 1 N–H and O–H groups in total. The van der Waals surface area contributed by atoms with E-state index in [1.807, 2.05) is 6.07 Å². The molecular formula is C12H15N3O2. The number of amides is 1. The first-order valence-corrected chi connectivity index (χ1v) is 5.17. The molecule has 0 heterocycles. The van der Waals surface area contributed by atoms with Gasteiger partial charge in [-0.1, -0.05) is 0 Å². The highest BCUT2D eigenvalue weighted by molar-refractivity contribution is 5.80. The molecule has 0 saturated heterocycles. The summed E-state index contributed by atoms with van der Waals surface area (Å²) in [7, 11) is 3.46. The minimum absolute atomic E-state index is 0.223. The van der Waals surface area contributed by atoms with E-state index in [-0.39, 0.29) is 5.91 Å². The normalized spacial score (nSPS) is 11.7. The largest absolute Gasteiger partial charge is 0.481 e. The second kappa shape index (κ2) is 5.87. The minimum Gasteiger partial charge on any atom is -0.481 e. The van der Waals surface area contributed by atoms with Crippen LogP contribution in [0.1, 0.15) is 12.5 Å². The number of nitrogens with zero attached hydrogens (tertiary/aromatic N) is 2. The molecule has 0 fully saturated rings. The van der Waals surface area contributed by atoms with E-state index in [9.17, 15) is 4.79 Å². The lowest BCUT2D eigenvalue weighted by molar-refractivity contribution is -0.131. The van der Waals surface area contributed by atoms with E-state index in [0.29, 0.717) is 11.3 Å². The standard InChI is InChI=1S/C12H15N3O2/c1-9(12(16)14-15(2)3)17-11-6-4-10(8-13)5-7-11/h4-7,9H,1-3H3,(H,14,16)/t9-/m1/s1. The Labute approximate surface area is 101 Å². The third kappa shape index (κ3) is 4.13. The van der Waals surface area contributed by atoms with Gasteiger partial charge >= 0.3 is 0 Å². The Morgan fingerprint density at radius 2 is 2.00 bits per heavy atom. The Hall–Kier alpha value is -2.06. The van der Waals surface area contributed by atoms with Gasteiger partial charge in [0.1, 0.15) is 5.75 Å². The summed E-state index contributed by atoms with van der Waals surface area (Å²) in [6.07, 6.45) is -0.592. The minimum atomic E-state index is -0.592. The van der Waals surface area contributed by atoms with Crippen LogP contribution in [-0.2, 0) is 4.79 Å². The van der Waals surface area contributed by atoms with Crippen LogP contribution in [0.15, 0.2) is 24.3 Å². The summed E-state index contributed by atoms with van der Waals surface area (Å²) >= 11 is 0. The molecule has 0 bridgehead atoms. The van der Waals surface area contributed by atoms with Crippen LogP contribution in [-0.4, -0.2) is 31.1 Å². The second-order valence-corrected chi connectivity index (χ2v) is 3.77. The highest BCUT2D eigenvalue weighted by Gasteiger charge is 2.14. The Balaban J connectivity index is 2.58. The van der Waals surface area contributed by atoms with Gasteiger partial charge in [0.25, 0.3) is 5.91 Å². The summed E-state index contributed by atoms with van der Waals surface area (Å²) in [5, 5.41) is 10.2. The Kier molecular flexibility index (Phi) is 4.49. The van der Waals surface area contributed by atoms with E-state index in [1.54, 1.807) is 50.3 Å². The van der Waals surface area contributed by atoms with Crippen molar-refractivity contribution in [2.24, 2.45) is 0 Å². The smallest absolute Gasteiger partial charge is 0.275 e. The zero-order valence-electron chi connectivity index (χ0n) is 10.1. The van der Waals surface area contributed by atoms with Crippen LogP contribution in [0.25, 0.3) is 0 Å². The third-order valence-corrected chi connectivity index (χ3v) is 2.00. The van der Waals surface area contributed by atoms with Crippen molar-refractivity contribution in [2.75, 3.05) is 14.1 Å². The van der Waals surface area contributed by atoms with Crippen LogP contribution in [0.4, 0.5) is 0 Å². The van der Waals surface area contributed by atoms with E-state index in [4.69, 9.17) is 10.00 Å². The van der Waals surface area contributed by atoms with Crippen molar-refractivity contribution in [3.05, 3.63) is 29.8 Å². The summed E-state index contributed by atoms with van der Waals surface area (Å²) in [6, 6.07) is 8.63. The van der Waals surface area contributed by atoms with E-state index in [0.717, 1.165) is 0 Å². The maximum atomic E-state index is 11.6. The molecular weight excluding hydrogens is 218 g/mol. The molecule has 5 nitrogen and oxygen atoms in total. The number of hydrazine groups is 1. The quantitative estimate of drug-likeness (QED) is 0.785. The molecule has 0 spiro atoms. The lowest BCUT2D eigenvalue weighted by atomic mass is 10.2. The lowest BCUT2D eigenvalue weighted by Crippen LogP contribution is -2.43. The SMILES string of the molecule is C[C@@H](Oc1ccc(C#N)cc1)C(=O)NN(C)C. The number of hydrogen-bond donors (Lipinski definition) is 1. The summed E-state index contributed by atoms with van der Waals surface area (Å²) in [5.41, 5.74) is 3.16. The Bertz CT molecular complexity index is 420. The van der Waals surface area contributed by atoms with Gasteiger partial charge in [0.15, 0.2) is 6.10 Å². The summed E-state index contributed by atoms with van der Waals surface area (Å²) < 4.78 is 5.43. The van der Waals surface area contributed by atoms with Crippen molar-refractivity contribution >= 4 is 5.91 Å². The topological polar surface area (TPSA) is 65.4 Å². The van der Waals surface area contributed by atoms with Crippen LogP contribution in [0.3, 0.4) is 0 Å². The van der Waals surface area contributed by atoms with E-state index in [2.05, 4.69) is 5.43 Å². The molecule has 1 atom stereocenters. The highest BCUT2D eigenvalue weighted by atomic mass is 16.5. The summed E-state index contributed by atoms with van der Waals surface area (Å²) in [6.45, 7) is 1.66. The van der Waals surface area contributed by atoms with Gasteiger partial charge in [0, 0.05) is 14.1 Å². The van der Waals surface area contributed by atoms with Gasteiger partial charge in [-0.2, -0.15) is 5.26 Å². The third-order valence-electron chi connectivity index (χ3n) is 2.00. The second-order valence-electron chi connectivity index (χ2n) is 3.77. The zero-order chi connectivity index (χ0) is 12.8. The molecule has 0 aromatic heterocycles. The number of nitrogens with one attached hydrogen (secondary N) is 1. The van der Waals surface area contributed by atoms with Crippen molar-refractivity contribution in [1.29, 1.82) is 5.26 Å². The predicted octanol–water partition coefficient (Wildman–Crippen LogP) is 0.918. The fraction of sp³-hybridized carbons (Fsp3) is 0.333. The van der Waals surface area contributed by atoms with Crippen molar-refractivity contribution in [1.82, 2.24) is 10.4 Å². The van der Waals surface area contributed by atoms with Gasteiger partial charge in [-0.3, -0.25) is 10.2 Å². The van der Waals surface area contributed by atoms with Crippen molar-refractivity contribution in [3.63, 3.8) is 0 Å². The van der Waals surface area contributed by atoms with Gasteiger partial charge in [0.05, 0.1) is 11.6 Å². The number of benzene rings is 1. The number of carbonyl (C=O) groups excluding carboxylic acids is 1. The zero-order valence-corrected chi connectivity index (χ0v) is 10.1. The molecule has 0 aliphatic heterocycles. The maximum Gasteiger partial charge on any atom is 0.275 e. The van der Waals surface area contributed by atoms with E-state index in [1.165, 1.54) is 0 Å². The number of hydrogen-bond acceptors (Lipinski definition) is 4. The molecule has 0 unspecified atom stereocenters. The average molecular weight is 233 g/mol. The van der Waals surface area contributed by atoms with Crippen LogP contribution in [0.2, 0.25) is 0 Å². The van der Waals surface area contributed by atoms with Crippen LogP contribution in [0.5, 0.6) is 5.75 Å². The molecule has 0 aliphatic carbocycles. The van der Waals surface area contributed by atoms with Crippen LogP contribution < -0.4 is 10.2 Å².